The molecular weight excluding hydrogens is 178 g/mol. The van der Waals surface area contributed by atoms with E-state index >= 15 is 0 Å². The highest BCUT2D eigenvalue weighted by atomic mass is 16.5. The molecule has 0 saturated carbocycles. The molecule has 1 aliphatic rings. The molecule has 3 N–H and O–H groups in total. The molecule has 1 saturated heterocycles. The first-order chi connectivity index (χ1) is 6.50. The summed E-state index contributed by atoms with van der Waals surface area (Å²) in [4.78, 5) is 2.35. The fraction of sp³-hybridized carbons (Fsp3) is 0.900. The largest absolute Gasteiger partial charge is 0.387 e. The van der Waals surface area contributed by atoms with Crippen molar-refractivity contribution in [1.82, 2.24) is 4.90 Å². The van der Waals surface area contributed by atoms with Gasteiger partial charge in [-0.3, -0.25) is 10.3 Å². The van der Waals surface area contributed by atoms with Crippen LogP contribution in [0.4, 0.5) is 0 Å². The third kappa shape index (κ3) is 2.96. The third-order valence-electron chi connectivity index (χ3n) is 2.78. The molecule has 0 aromatic heterocycles. The quantitative estimate of drug-likeness (QED) is 0.518. The Bertz CT molecular complexity index is 208. The number of nitrogens with one attached hydrogen (secondary N) is 1. The lowest BCUT2D eigenvalue weighted by atomic mass is 10.1. The molecule has 0 aliphatic carbocycles. The van der Waals surface area contributed by atoms with Gasteiger partial charge in [-0.15, -0.1) is 0 Å². The number of nitrogens with two attached hydrogens (primary N) is 1. The van der Waals surface area contributed by atoms with Crippen molar-refractivity contribution < 1.29 is 4.74 Å². The van der Waals surface area contributed by atoms with Crippen LogP contribution in [0.2, 0.25) is 0 Å². The van der Waals surface area contributed by atoms with Crippen LogP contribution in [-0.4, -0.2) is 42.6 Å². The number of nitrogens with zero attached hydrogens (tertiary/aromatic N) is 1. The second-order valence-electron chi connectivity index (χ2n) is 4.30. The molecule has 3 unspecified atom stereocenters. The highest BCUT2D eigenvalue weighted by molar-refractivity contribution is 5.79. The van der Waals surface area contributed by atoms with Crippen molar-refractivity contribution in [3.63, 3.8) is 0 Å². The lowest BCUT2D eigenvalue weighted by molar-refractivity contribution is -0.0512. The highest BCUT2D eigenvalue weighted by Crippen LogP contribution is 2.13. The SMILES string of the molecule is CC1CN(CC(C)C(=N)N)C(C)CO1. The average Bonchev–Trinajstić information content (AvgIpc) is 2.11. The van der Waals surface area contributed by atoms with Crippen LogP contribution < -0.4 is 5.73 Å². The van der Waals surface area contributed by atoms with Crippen LogP contribution in [0.25, 0.3) is 0 Å². The van der Waals surface area contributed by atoms with Crippen molar-refractivity contribution >= 4 is 5.84 Å². The highest BCUT2D eigenvalue weighted by Gasteiger charge is 2.24. The van der Waals surface area contributed by atoms with Gasteiger partial charge < -0.3 is 10.5 Å². The van der Waals surface area contributed by atoms with Crippen molar-refractivity contribution in [2.24, 2.45) is 11.7 Å². The molecule has 0 aromatic carbocycles. The van der Waals surface area contributed by atoms with E-state index in [1.165, 1.54) is 0 Å². The number of morpholine rings is 1. The summed E-state index contributed by atoms with van der Waals surface area (Å²) in [6.07, 6.45) is 0.297. The van der Waals surface area contributed by atoms with E-state index in [4.69, 9.17) is 15.9 Å². The van der Waals surface area contributed by atoms with Crippen LogP contribution in [0.15, 0.2) is 0 Å². The number of hydrogen-bond acceptors (Lipinski definition) is 3. The molecule has 1 fully saturated rings. The zero-order valence-corrected chi connectivity index (χ0v) is 9.29. The van der Waals surface area contributed by atoms with E-state index in [1.54, 1.807) is 0 Å². The molecular formula is C10H21N3O. The third-order valence-corrected chi connectivity index (χ3v) is 2.78. The molecule has 3 atom stereocenters. The molecule has 4 heteroatoms. The van der Waals surface area contributed by atoms with Crippen molar-refractivity contribution in [3.8, 4) is 0 Å². The Hall–Kier alpha value is -0.610. The lowest BCUT2D eigenvalue weighted by Gasteiger charge is -2.37. The Balaban J connectivity index is 2.45. The summed E-state index contributed by atoms with van der Waals surface area (Å²) in [7, 11) is 0. The Morgan fingerprint density at radius 2 is 2.29 bits per heavy atom. The number of rotatable bonds is 3. The van der Waals surface area contributed by atoms with Crippen molar-refractivity contribution in [1.29, 1.82) is 5.41 Å². The normalized spacial score (nSPS) is 31.4. The summed E-state index contributed by atoms with van der Waals surface area (Å²) < 4.78 is 5.54. The standard InChI is InChI=1S/C10H21N3O/c1-7(10(11)12)4-13-5-9(3)14-6-8(13)2/h7-9H,4-6H2,1-3H3,(H3,11,12). The van der Waals surface area contributed by atoms with Crippen LogP contribution in [0, 0.1) is 11.3 Å². The Morgan fingerprint density at radius 1 is 1.64 bits per heavy atom. The van der Waals surface area contributed by atoms with Gasteiger partial charge in [0, 0.05) is 25.0 Å². The maximum absolute atomic E-state index is 7.35. The van der Waals surface area contributed by atoms with Gasteiger partial charge in [-0.05, 0) is 13.8 Å². The van der Waals surface area contributed by atoms with E-state index < -0.39 is 0 Å². The molecule has 4 nitrogen and oxygen atoms in total. The van der Waals surface area contributed by atoms with Gasteiger partial charge in [-0.1, -0.05) is 6.92 Å². The molecule has 0 spiro atoms. The topological polar surface area (TPSA) is 62.3 Å². The van der Waals surface area contributed by atoms with E-state index in [-0.39, 0.29) is 11.8 Å². The summed E-state index contributed by atoms with van der Waals surface area (Å²) in [6.45, 7) is 8.82. The van der Waals surface area contributed by atoms with Gasteiger partial charge in [0.25, 0.3) is 0 Å². The van der Waals surface area contributed by atoms with Crippen LogP contribution in [0.1, 0.15) is 20.8 Å². The van der Waals surface area contributed by atoms with Gasteiger partial charge in [0.2, 0.25) is 0 Å². The van der Waals surface area contributed by atoms with Gasteiger partial charge >= 0.3 is 0 Å². The summed E-state index contributed by atoms with van der Waals surface area (Å²) in [5.41, 5.74) is 5.46. The molecule has 14 heavy (non-hydrogen) atoms. The smallest absolute Gasteiger partial charge is 0.0947 e. The van der Waals surface area contributed by atoms with Crippen molar-refractivity contribution in [3.05, 3.63) is 0 Å². The van der Waals surface area contributed by atoms with Crippen LogP contribution in [-0.2, 0) is 4.74 Å². The molecule has 0 amide bonds. The molecule has 1 aliphatic heterocycles. The van der Waals surface area contributed by atoms with E-state index in [2.05, 4.69) is 18.7 Å². The summed E-state index contributed by atoms with van der Waals surface area (Å²) in [5.74, 6) is 0.416. The van der Waals surface area contributed by atoms with Gasteiger partial charge in [-0.25, -0.2) is 0 Å². The predicted octanol–water partition coefficient (Wildman–Crippen LogP) is 0.668. The zero-order valence-electron chi connectivity index (χ0n) is 9.29. The molecule has 82 valence electrons. The Labute approximate surface area is 85.9 Å². The number of ether oxygens (including phenoxy) is 1. The van der Waals surface area contributed by atoms with Crippen molar-refractivity contribution in [2.75, 3.05) is 19.7 Å². The van der Waals surface area contributed by atoms with Gasteiger partial charge in [0.1, 0.15) is 0 Å². The van der Waals surface area contributed by atoms with E-state index in [1.807, 2.05) is 6.92 Å². The molecule has 1 rings (SSSR count). The second kappa shape index (κ2) is 4.75. The minimum absolute atomic E-state index is 0.141. The van der Waals surface area contributed by atoms with Crippen LogP contribution in [0.5, 0.6) is 0 Å². The van der Waals surface area contributed by atoms with Crippen molar-refractivity contribution in [2.45, 2.75) is 32.9 Å². The Morgan fingerprint density at radius 3 is 2.86 bits per heavy atom. The van der Waals surface area contributed by atoms with Gasteiger partial charge in [0.05, 0.1) is 18.5 Å². The van der Waals surface area contributed by atoms with E-state index in [0.717, 1.165) is 19.7 Å². The monoisotopic (exact) mass is 199 g/mol. The number of amidine groups is 1. The number of hydrogen-bond donors (Lipinski definition) is 2. The molecule has 0 aromatic rings. The predicted molar refractivity (Wildman–Crippen MR) is 57.5 cm³/mol. The molecule has 0 bridgehead atoms. The van der Waals surface area contributed by atoms with Crippen LogP contribution >= 0.6 is 0 Å². The fourth-order valence-electron chi connectivity index (χ4n) is 1.68. The maximum atomic E-state index is 7.35. The lowest BCUT2D eigenvalue weighted by Crippen LogP contribution is -2.49. The maximum Gasteiger partial charge on any atom is 0.0947 e. The summed E-state index contributed by atoms with van der Waals surface area (Å²) in [5, 5.41) is 7.35. The summed E-state index contributed by atoms with van der Waals surface area (Å²) >= 11 is 0. The van der Waals surface area contributed by atoms with Crippen LogP contribution in [0.3, 0.4) is 0 Å². The first-order valence-corrected chi connectivity index (χ1v) is 5.20. The van der Waals surface area contributed by atoms with Gasteiger partial charge in [-0.2, -0.15) is 0 Å². The minimum atomic E-state index is 0.141. The Kier molecular flexibility index (Phi) is 3.89. The van der Waals surface area contributed by atoms with E-state index in [0.29, 0.717) is 12.1 Å². The molecule has 1 heterocycles. The fourth-order valence-corrected chi connectivity index (χ4v) is 1.68. The molecule has 0 radical (unpaired) electrons. The second-order valence-corrected chi connectivity index (χ2v) is 4.30. The minimum Gasteiger partial charge on any atom is -0.387 e. The van der Waals surface area contributed by atoms with E-state index in [9.17, 15) is 0 Å². The average molecular weight is 199 g/mol. The zero-order chi connectivity index (χ0) is 10.7. The first-order valence-electron chi connectivity index (χ1n) is 5.20. The summed E-state index contributed by atoms with van der Waals surface area (Å²) in [6, 6.07) is 0.438. The first kappa shape index (κ1) is 11.5. The van der Waals surface area contributed by atoms with Gasteiger partial charge in [0.15, 0.2) is 0 Å².